The number of benzene rings is 2. The van der Waals surface area contributed by atoms with E-state index in [-0.39, 0.29) is 11.6 Å². The quantitative estimate of drug-likeness (QED) is 0.335. The van der Waals surface area contributed by atoms with Crippen molar-refractivity contribution < 1.29 is 9.50 Å². The standard InChI is InChI=1S/C24H26FN5O/c1-24(2,31)12-11-15-6-4-8-20-17(15)7-5-13-30(20)23-19-14-16(25)9-10-18(19)21(29(3)27)22(26)28-23/h4,6,8-10,14,31H,5,7,13,27H2,1-3H3,(H2,26,28). The molecule has 0 fully saturated rings. The molecule has 0 atom stereocenters. The summed E-state index contributed by atoms with van der Waals surface area (Å²) in [4.78, 5) is 6.70. The molecule has 6 nitrogen and oxygen atoms in total. The molecule has 0 saturated heterocycles. The number of rotatable bonds is 2. The smallest absolute Gasteiger partial charge is 0.151 e. The van der Waals surface area contributed by atoms with Gasteiger partial charge in [0, 0.05) is 35.6 Å². The zero-order chi connectivity index (χ0) is 22.3. The van der Waals surface area contributed by atoms with Crippen LogP contribution in [0, 0.1) is 17.7 Å². The summed E-state index contributed by atoms with van der Waals surface area (Å²) >= 11 is 0. The summed E-state index contributed by atoms with van der Waals surface area (Å²) in [6.45, 7) is 4.03. The van der Waals surface area contributed by atoms with E-state index in [2.05, 4.69) is 21.7 Å². The summed E-state index contributed by atoms with van der Waals surface area (Å²) in [6.07, 6.45) is 1.74. The summed E-state index contributed by atoms with van der Waals surface area (Å²) in [5.74, 6) is 12.5. The number of nitrogens with zero attached hydrogens (tertiary/aromatic N) is 3. The fourth-order valence-electron chi connectivity index (χ4n) is 4.03. The van der Waals surface area contributed by atoms with Gasteiger partial charge in [-0.1, -0.05) is 17.9 Å². The first-order valence-corrected chi connectivity index (χ1v) is 10.2. The van der Waals surface area contributed by atoms with Crippen LogP contribution in [0.25, 0.3) is 10.8 Å². The Morgan fingerprint density at radius 2 is 2.00 bits per heavy atom. The van der Waals surface area contributed by atoms with E-state index in [4.69, 9.17) is 11.6 Å². The van der Waals surface area contributed by atoms with E-state index in [0.29, 0.717) is 23.4 Å². The van der Waals surface area contributed by atoms with Crippen molar-refractivity contribution in [3.05, 3.63) is 53.3 Å². The molecule has 0 bridgehead atoms. The average Bonchev–Trinajstić information content (AvgIpc) is 2.70. The Balaban J connectivity index is 1.93. The van der Waals surface area contributed by atoms with Crippen LogP contribution in [-0.2, 0) is 6.42 Å². The van der Waals surface area contributed by atoms with Crippen molar-refractivity contribution in [1.29, 1.82) is 0 Å². The first-order chi connectivity index (χ1) is 14.7. The maximum absolute atomic E-state index is 14.2. The number of pyridine rings is 1. The number of aromatic nitrogens is 1. The lowest BCUT2D eigenvalue weighted by molar-refractivity contribution is 0.143. The molecule has 0 spiro atoms. The van der Waals surface area contributed by atoms with Crippen LogP contribution >= 0.6 is 0 Å². The Morgan fingerprint density at radius 1 is 1.23 bits per heavy atom. The highest BCUT2D eigenvalue weighted by molar-refractivity contribution is 6.05. The second-order valence-electron chi connectivity index (χ2n) is 8.34. The number of aliphatic hydroxyl groups is 1. The second-order valence-corrected chi connectivity index (χ2v) is 8.34. The lowest BCUT2D eigenvalue weighted by Gasteiger charge is -2.32. The number of hydrazine groups is 1. The molecule has 2 heterocycles. The van der Waals surface area contributed by atoms with Crippen LogP contribution in [0.2, 0.25) is 0 Å². The minimum absolute atomic E-state index is 0.282. The van der Waals surface area contributed by atoms with Gasteiger partial charge in [0.15, 0.2) is 5.82 Å². The molecule has 7 heteroatoms. The van der Waals surface area contributed by atoms with Crippen molar-refractivity contribution in [2.24, 2.45) is 5.84 Å². The van der Waals surface area contributed by atoms with Crippen LogP contribution in [0.1, 0.15) is 31.4 Å². The monoisotopic (exact) mass is 419 g/mol. The fraction of sp³-hybridized carbons (Fsp3) is 0.292. The zero-order valence-electron chi connectivity index (χ0n) is 17.9. The SMILES string of the molecule is CN(N)c1c(N)nc(N2CCCc3c(C#CC(C)(C)O)cccc32)c2cc(F)ccc12. The average molecular weight is 420 g/mol. The number of nitrogens with two attached hydrogens (primary N) is 2. The third kappa shape index (κ3) is 4.00. The number of anilines is 4. The molecule has 31 heavy (non-hydrogen) atoms. The van der Waals surface area contributed by atoms with E-state index in [1.807, 2.05) is 18.2 Å². The van der Waals surface area contributed by atoms with Gasteiger partial charge in [-0.25, -0.2) is 15.2 Å². The van der Waals surface area contributed by atoms with E-state index < -0.39 is 5.60 Å². The Morgan fingerprint density at radius 3 is 2.71 bits per heavy atom. The van der Waals surface area contributed by atoms with Gasteiger partial charge in [0.25, 0.3) is 0 Å². The molecular weight excluding hydrogens is 393 g/mol. The van der Waals surface area contributed by atoms with Gasteiger partial charge in [0.1, 0.15) is 22.9 Å². The van der Waals surface area contributed by atoms with Crippen molar-refractivity contribution in [2.75, 3.05) is 29.2 Å². The Hall–Kier alpha value is -3.34. The van der Waals surface area contributed by atoms with E-state index >= 15 is 0 Å². The molecule has 0 radical (unpaired) electrons. The highest BCUT2D eigenvalue weighted by Crippen LogP contribution is 2.41. The molecule has 3 aromatic rings. The van der Waals surface area contributed by atoms with Gasteiger partial charge in [-0.2, -0.15) is 0 Å². The minimum Gasteiger partial charge on any atom is -0.382 e. The van der Waals surface area contributed by atoms with Gasteiger partial charge in [-0.3, -0.25) is 0 Å². The largest absolute Gasteiger partial charge is 0.382 e. The van der Waals surface area contributed by atoms with Gasteiger partial charge < -0.3 is 20.7 Å². The number of hydrogen-bond donors (Lipinski definition) is 3. The molecule has 4 rings (SSSR count). The molecule has 0 aliphatic carbocycles. The maximum atomic E-state index is 14.2. The number of nitrogen functional groups attached to an aromatic ring is 1. The molecule has 0 saturated carbocycles. The molecular formula is C24H26FN5O. The van der Waals surface area contributed by atoms with E-state index in [1.54, 1.807) is 27.0 Å². The minimum atomic E-state index is -1.08. The Bertz CT molecular complexity index is 1220. The Kier molecular flexibility index (Phi) is 5.21. The first-order valence-electron chi connectivity index (χ1n) is 10.2. The van der Waals surface area contributed by atoms with Crippen LogP contribution < -0.4 is 21.5 Å². The zero-order valence-corrected chi connectivity index (χ0v) is 17.9. The van der Waals surface area contributed by atoms with E-state index in [0.717, 1.165) is 35.0 Å². The van der Waals surface area contributed by atoms with Gasteiger partial charge in [-0.15, -0.1) is 0 Å². The van der Waals surface area contributed by atoms with Crippen molar-refractivity contribution in [3.63, 3.8) is 0 Å². The van der Waals surface area contributed by atoms with Crippen molar-refractivity contribution in [3.8, 4) is 11.8 Å². The van der Waals surface area contributed by atoms with Crippen LogP contribution in [0.4, 0.5) is 27.4 Å². The van der Waals surface area contributed by atoms with E-state index in [9.17, 15) is 9.50 Å². The molecule has 160 valence electrons. The van der Waals surface area contributed by atoms with Crippen LogP contribution in [0.3, 0.4) is 0 Å². The van der Waals surface area contributed by atoms with Gasteiger partial charge in [0.2, 0.25) is 0 Å². The third-order valence-corrected chi connectivity index (χ3v) is 5.31. The molecule has 0 unspecified atom stereocenters. The lowest BCUT2D eigenvalue weighted by atomic mass is 9.95. The summed E-state index contributed by atoms with van der Waals surface area (Å²) in [7, 11) is 1.68. The number of halogens is 1. The van der Waals surface area contributed by atoms with Crippen LogP contribution in [-0.4, -0.2) is 29.3 Å². The highest BCUT2D eigenvalue weighted by atomic mass is 19.1. The summed E-state index contributed by atoms with van der Waals surface area (Å²) in [6, 6.07) is 10.4. The van der Waals surface area contributed by atoms with Crippen molar-refractivity contribution >= 4 is 33.8 Å². The molecule has 2 aromatic carbocycles. The number of fused-ring (bicyclic) bond motifs is 2. The van der Waals surface area contributed by atoms with Gasteiger partial charge >= 0.3 is 0 Å². The third-order valence-electron chi connectivity index (χ3n) is 5.31. The van der Waals surface area contributed by atoms with Gasteiger partial charge in [0.05, 0.1) is 0 Å². The second kappa shape index (κ2) is 7.73. The first kappa shape index (κ1) is 20.9. The molecule has 1 aliphatic heterocycles. The highest BCUT2D eigenvalue weighted by Gasteiger charge is 2.25. The summed E-state index contributed by atoms with van der Waals surface area (Å²) in [5, 5.41) is 12.8. The van der Waals surface area contributed by atoms with E-state index in [1.165, 1.54) is 17.1 Å². The predicted molar refractivity (Wildman–Crippen MR) is 124 cm³/mol. The molecule has 0 amide bonds. The lowest BCUT2D eigenvalue weighted by Crippen LogP contribution is -2.29. The predicted octanol–water partition coefficient (Wildman–Crippen LogP) is 3.47. The summed E-state index contributed by atoms with van der Waals surface area (Å²) in [5.41, 5.74) is 8.66. The van der Waals surface area contributed by atoms with Crippen molar-refractivity contribution in [2.45, 2.75) is 32.3 Å². The van der Waals surface area contributed by atoms with Crippen LogP contribution in [0.5, 0.6) is 0 Å². The molecule has 1 aliphatic rings. The Labute approximate surface area is 181 Å². The van der Waals surface area contributed by atoms with Gasteiger partial charge in [-0.05, 0) is 62.6 Å². The normalized spacial score (nSPS) is 13.5. The molecule has 5 N–H and O–H groups in total. The fourth-order valence-corrected chi connectivity index (χ4v) is 4.03. The van der Waals surface area contributed by atoms with Crippen LogP contribution in [0.15, 0.2) is 36.4 Å². The summed E-state index contributed by atoms with van der Waals surface area (Å²) < 4.78 is 14.2. The molecule has 1 aromatic heterocycles. The topological polar surface area (TPSA) is 91.6 Å². The number of hydrogen-bond acceptors (Lipinski definition) is 6. The van der Waals surface area contributed by atoms with Crippen molar-refractivity contribution in [1.82, 2.24) is 4.98 Å². The maximum Gasteiger partial charge on any atom is 0.151 e.